The number of nitrogens with zero attached hydrogens (tertiary/aromatic N) is 1. The van der Waals surface area contributed by atoms with Gasteiger partial charge in [-0.05, 0) is 23.6 Å². The Labute approximate surface area is 127 Å². The normalized spacial score (nSPS) is 22.4. The van der Waals surface area contributed by atoms with Crippen molar-refractivity contribution >= 4 is 17.3 Å². The fourth-order valence-corrected chi connectivity index (χ4v) is 2.49. The minimum Gasteiger partial charge on any atom is -0.400 e. The Hall–Kier alpha value is -1.46. The van der Waals surface area contributed by atoms with Crippen LogP contribution < -0.4 is 5.73 Å². The molecule has 0 amide bonds. The molecule has 1 fully saturated rings. The second-order valence-corrected chi connectivity index (χ2v) is 5.46. The van der Waals surface area contributed by atoms with Gasteiger partial charge in [0.1, 0.15) is 0 Å². The summed E-state index contributed by atoms with van der Waals surface area (Å²) in [7, 11) is 0. The molecule has 1 aliphatic rings. The Morgan fingerprint density at radius 2 is 2.10 bits per heavy atom. The van der Waals surface area contributed by atoms with Crippen molar-refractivity contribution in [1.82, 2.24) is 0 Å². The number of rotatable bonds is 3. The van der Waals surface area contributed by atoms with Crippen LogP contribution >= 0.6 is 11.6 Å². The summed E-state index contributed by atoms with van der Waals surface area (Å²) in [6.07, 6.45) is -0.595. The highest BCUT2D eigenvalue weighted by molar-refractivity contribution is 6.31. The first-order valence-electron chi connectivity index (χ1n) is 6.66. The molecule has 2 rings (SSSR count). The van der Waals surface area contributed by atoms with E-state index in [2.05, 4.69) is 4.99 Å². The first kappa shape index (κ1) is 15.9. The van der Waals surface area contributed by atoms with E-state index in [1.54, 1.807) is 18.2 Å². The summed E-state index contributed by atoms with van der Waals surface area (Å²) in [6, 6.07) is 7.13. The maximum absolute atomic E-state index is 13.6. The third kappa shape index (κ3) is 4.02. The summed E-state index contributed by atoms with van der Waals surface area (Å²) in [5.41, 5.74) is 7.48. The molecule has 0 atom stereocenters. The van der Waals surface area contributed by atoms with Gasteiger partial charge in [-0.2, -0.15) is 0 Å². The molecule has 1 aliphatic carbocycles. The largest absolute Gasteiger partial charge is 0.400 e. The molecule has 6 heteroatoms. The van der Waals surface area contributed by atoms with Crippen molar-refractivity contribution in [2.24, 2.45) is 10.7 Å². The van der Waals surface area contributed by atoms with E-state index in [0.29, 0.717) is 10.6 Å². The lowest BCUT2D eigenvalue weighted by molar-refractivity contribution is -0.00354. The van der Waals surface area contributed by atoms with Crippen molar-refractivity contribution in [3.63, 3.8) is 0 Å². The molecule has 0 spiro atoms. The van der Waals surface area contributed by atoms with Crippen LogP contribution in [0.5, 0.6) is 0 Å². The average Bonchev–Trinajstić information content (AvgIpc) is 2.45. The molecule has 3 nitrogen and oxygen atoms in total. The monoisotopic (exact) mass is 314 g/mol. The minimum atomic E-state index is -2.78. The molecule has 21 heavy (non-hydrogen) atoms. The predicted molar refractivity (Wildman–Crippen MR) is 79.7 cm³/mol. The number of aliphatic imine (C=N–C) groups is 1. The Balaban J connectivity index is 2.28. The number of hydrogen-bond donors (Lipinski definition) is 2. The summed E-state index contributed by atoms with van der Waals surface area (Å²) in [6.45, 7) is -0.140. The highest BCUT2D eigenvalue weighted by atomic mass is 35.5. The molecule has 0 aliphatic heterocycles. The minimum absolute atomic E-state index is 0.126. The van der Waals surface area contributed by atoms with Gasteiger partial charge < -0.3 is 10.8 Å². The van der Waals surface area contributed by atoms with E-state index in [9.17, 15) is 8.78 Å². The molecule has 0 unspecified atom stereocenters. The molecular formula is C15H17ClF2N2O. The number of halogens is 3. The molecule has 1 aromatic carbocycles. The third-order valence-electron chi connectivity index (χ3n) is 3.47. The number of aliphatic hydroxyl groups is 1. The lowest BCUT2D eigenvalue weighted by Gasteiger charge is -2.26. The first-order valence-corrected chi connectivity index (χ1v) is 7.04. The van der Waals surface area contributed by atoms with Gasteiger partial charge in [-0.25, -0.2) is 8.78 Å². The lowest BCUT2D eigenvalue weighted by Crippen LogP contribution is -2.30. The molecule has 114 valence electrons. The molecule has 0 radical (unpaired) electrons. The summed E-state index contributed by atoms with van der Waals surface area (Å²) in [5.74, 6) is -2.78. The fraction of sp³-hybridized carbons (Fsp3) is 0.400. The quantitative estimate of drug-likeness (QED) is 0.899. The van der Waals surface area contributed by atoms with E-state index in [4.69, 9.17) is 22.4 Å². The average molecular weight is 315 g/mol. The first-order chi connectivity index (χ1) is 9.93. The van der Waals surface area contributed by atoms with Crippen LogP contribution in [-0.4, -0.2) is 23.3 Å². The Morgan fingerprint density at radius 1 is 1.38 bits per heavy atom. The third-order valence-corrected chi connectivity index (χ3v) is 3.84. The Kier molecular flexibility index (Phi) is 4.96. The topological polar surface area (TPSA) is 58.6 Å². The van der Waals surface area contributed by atoms with Gasteiger partial charge >= 0.3 is 0 Å². The summed E-state index contributed by atoms with van der Waals surface area (Å²) in [5, 5.41) is 9.66. The smallest absolute Gasteiger partial charge is 0.253 e. The summed E-state index contributed by atoms with van der Waals surface area (Å²) in [4.78, 5) is 4.26. The van der Waals surface area contributed by atoms with E-state index in [1.165, 1.54) is 0 Å². The van der Waals surface area contributed by atoms with E-state index in [1.807, 2.05) is 6.07 Å². The molecule has 0 bridgehead atoms. The zero-order valence-electron chi connectivity index (χ0n) is 11.5. The van der Waals surface area contributed by atoms with Crippen LogP contribution in [0.3, 0.4) is 0 Å². The number of aliphatic hydroxyl groups excluding tert-OH is 1. The van der Waals surface area contributed by atoms with Crippen LogP contribution in [-0.2, 0) is 6.54 Å². The molecule has 3 N–H and O–H groups in total. The second-order valence-electron chi connectivity index (χ2n) is 5.05. The van der Waals surface area contributed by atoms with Crippen molar-refractivity contribution in [3.05, 3.63) is 46.1 Å². The summed E-state index contributed by atoms with van der Waals surface area (Å²) < 4.78 is 27.1. The zero-order valence-corrected chi connectivity index (χ0v) is 12.2. The van der Waals surface area contributed by atoms with E-state index >= 15 is 0 Å². The highest BCUT2D eigenvalue weighted by Crippen LogP contribution is 2.35. The van der Waals surface area contributed by atoms with Gasteiger partial charge in [-0.1, -0.05) is 29.8 Å². The predicted octanol–water partition coefficient (Wildman–Crippen LogP) is 3.31. The van der Waals surface area contributed by atoms with Crippen molar-refractivity contribution < 1.29 is 13.9 Å². The molecule has 0 saturated heterocycles. The lowest BCUT2D eigenvalue weighted by atomic mass is 9.88. The number of benzene rings is 1. The number of alkyl halides is 2. The maximum Gasteiger partial charge on any atom is 0.253 e. The standard InChI is InChI=1S/C15H17ClF2N2O/c16-12-4-2-1-3-10(12)8-20-14-7-15(17,18)6-5-11(14)13(19)9-21/h1-4,21H,5-9,19H2/b13-11-,20-14?. The second kappa shape index (κ2) is 6.54. The summed E-state index contributed by atoms with van der Waals surface area (Å²) >= 11 is 6.03. The zero-order chi connectivity index (χ0) is 15.5. The van der Waals surface area contributed by atoms with Gasteiger partial charge in [0.05, 0.1) is 19.6 Å². The van der Waals surface area contributed by atoms with Crippen LogP contribution in [0.25, 0.3) is 0 Å². The van der Waals surface area contributed by atoms with Crippen molar-refractivity contribution in [1.29, 1.82) is 0 Å². The highest BCUT2D eigenvalue weighted by Gasteiger charge is 2.37. The molecule has 0 aromatic heterocycles. The van der Waals surface area contributed by atoms with Crippen LogP contribution in [0.2, 0.25) is 5.02 Å². The number of hydrogen-bond acceptors (Lipinski definition) is 3. The van der Waals surface area contributed by atoms with E-state index in [0.717, 1.165) is 5.56 Å². The van der Waals surface area contributed by atoms with Crippen molar-refractivity contribution in [2.75, 3.05) is 6.61 Å². The van der Waals surface area contributed by atoms with Gasteiger partial charge in [0.15, 0.2) is 0 Å². The molecular weight excluding hydrogens is 298 g/mol. The number of nitrogens with two attached hydrogens (primary N) is 1. The van der Waals surface area contributed by atoms with E-state index in [-0.39, 0.29) is 37.4 Å². The van der Waals surface area contributed by atoms with Crippen LogP contribution in [0.15, 0.2) is 40.5 Å². The van der Waals surface area contributed by atoms with Crippen LogP contribution in [0, 0.1) is 0 Å². The SMILES string of the molecule is N/C(CO)=C1/CCC(F)(F)CC1=NCc1ccccc1Cl. The van der Waals surface area contributed by atoms with Crippen LogP contribution in [0.1, 0.15) is 24.8 Å². The van der Waals surface area contributed by atoms with Crippen molar-refractivity contribution in [2.45, 2.75) is 31.7 Å². The van der Waals surface area contributed by atoms with Crippen LogP contribution in [0.4, 0.5) is 8.78 Å². The van der Waals surface area contributed by atoms with E-state index < -0.39 is 12.3 Å². The van der Waals surface area contributed by atoms with Gasteiger partial charge in [-0.15, -0.1) is 0 Å². The van der Waals surface area contributed by atoms with Gasteiger partial charge in [0.2, 0.25) is 0 Å². The van der Waals surface area contributed by atoms with Gasteiger partial charge in [0, 0.05) is 22.9 Å². The number of allylic oxidation sites excluding steroid dienone is 1. The van der Waals surface area contributed by atoms with Crippen molar-refractivity contribution in [3.8, 4) is 0 Å². The van der Waals surface area contributed by atoms with Gasteiger partial charge in [-0.3, -0.25) is 4.99 Å². The molecule has 0 heterocycles. The molecule has 1 saturated carbocycles. The molecule has 1 aromatic rings. The van der Waals surface area contributed by atoms with Gasteiger partial charge in [0.25, 0.3) is 5.92 Å². The Bertz CT molecular complexity index is 585. The Morgan fingerprint density at radius 3 is 2.76 bits per heavy atom. The fourth-order valence-electron chi connectivity index (χ4n) is 2.29. The maximum atomic E-state index is 13.6.